The molecule has 1 amide bonds. The van der Waals surface area contributed by atoms with E-state index in [4.69, 9.17) is 0 Å². The molecule has 0 aliphatic heterocycles. The Morgan fingerprint density at radius 1 is 0.939 bits per heavy atom. The van der Waals surface area contributed by atoms with Gasteiger partial charge in [-0.2, -0.15) is 4.98 Å². The Morgan fingerprint density at radius 3 is 2.12 bits per heavy atom. The highest BCUT2D eigenvalue weighted by Crippen LogP contribution is 2.28. The van der Waals surface area contributed by atoms with E-state index in [1.54, 1.807) is 6.20 Å². The van der Waals surface area contributed by atoms with Crippen LogP contribution in [-0.4, -0.2) is 42.6 Å². The molecule has 1 aromatic heterocycles. The monoisotopic (exact) mass is 443 g/mol. The number of carbonyl (C=O) groups excluding carboxylic acids is 1. The van der Waals surface area contributed by atoms with Gasteiger partial charge >= 0.3 is 0 Å². The van der Waals surface area contributed by atoms with Gasteiger partial charge in [0.25, 0.3) is 0 Å². The number of rotatable bonds is 8. The maximum atomic E-state index is 13.2. The minimum atomic E-state index is -0.286. The fraction of sp³-hybridized carbons (Fsp3) is 0.370. The molecule has 0 radical (unpaired) electrons. The van der Waals surface area contributed by atoms with Gasteiger partial charge in [-0.25, -0.2) is 4.98 Å². The molecular weight excluding hydrogens is 410 g/mol. The molecule has 1 aliphatic rings. The predicted octanol–water partition coefficient (Wildman–Crippen LogP) is 4.46. The second-order valence-corrected chi connectivity index (χ2v) is 8.99. The van der Waals surface area contributed by atoms with E-state index in [1.165, 1.54) is 0 Å². The van der Waals surface area contributed by atoms with Crippen LogP contribution >= 0.6 is 0 Å². The molecule has 1 saturated carbocycles. The molecule has 6 heteroatoms. The van der Waals surface area contributed by atoms with Crippen LogP contribution in [0.1, 0.15) is 42.7 Å². The lowest BCUT2D eigenvalue weighted by molar-refractivity contribution is -0.121. The summed E-state index contributed by atoms with van der Waals surface area (Å²) in [5, 5.41) is 6.73. The highest BCUT2D eigenvalue weighted by atomic mass is 16.1. The van der Waals surface area contributed by atoms with Gasteiger partial charge in [-0.05, 0) is 48.8 Å². The van der Waals surface area contributed by atoms with Gasteiger partial charge in [0.15, 0.2) is 0 Å². The van der Waals surface area contributed by atoms with Crippen molar-refractivity contribution >= 4 is 17.7 Å². The average molecular weight is 444 g/mol. The van der Waals surface area contributed by atoms with Gasteiger partial charge in [0.05, 0.1) is 5.92 Å². The maximum absolute atomic E-state index is 13.2. The van der Waals surface area contributed by atoms with Gasteiger partial charge in [0.1, 0.15) is 5.82 Å². The third kappa shape index (κ3) is 6.09. The van der Waals surface area contributed by atoms with Crippen LogP contribution in [0.25, 0.3) is 0 Å². The van der Waals surface area contributed by atoms with Crippen molar-refractivity contribution in [1.29, 1.82) is 0 Å². The molecule has 2 aromatic carbocycles. The first-order valence-electron chi connectivity index (χ1n) is 11.7. The SMILES string of the molecule is CN(C)c1ccnc(N[C@H]2CC[C@@H](CNC(=O)C(c3ccccc3)c3ccccc3)CC2)n1. The molecule has 3 aromatic rings. The largest absolute Gasteiger partial charge is 0.363 e. The topological polar surface area (TPSA) is 70.2 Å². The number of hydrogen-bond acceptors (Lipinski definition) is 5. The summed E-state index contributed by atoms with van der Waals surface area (Å²) >= 11 is 0. The summed E-state index contributed by atoms with van der Waals surface area (Å²) in [6, 6.07) is 22.3. The van der Waals surface area contributed by atoms with Gasteiger partial charge in [-0.15, -0.1) is 0 Å². The molecule has 1 heterocycles. The van der Waals surface area contributed by atoms with E-state index < -0.39 is 0 Å². The van der Waals surface area contributed by atoms with Crippen molar-refractivity contribution in [3.63, 3.8) is 0 Å². The zero-order valence-electron chi connectivity index (χ0n) is 19.4. The normalized spacial score (nSPS) is 18.0. The average Bonchev–Trinajstić information content (AvgIpc) is 2.85. The number of amides is 1. The van der Waals surface area contributed by atoms with E-state index in [0.717, 1.165) is 42.6 Å². The minimum absolute atomic E-state index is 0.0709. The molecule has 0 atom stereocenters. The lowest BCUT2D eigenvalue weighted by Gasteiger charge is -2.30. The Bertz CT molecular complexity index is 977. The molecule has 0 bridgehead atoms. The van der Waals surface area contributed by atoms with Crippen LogP contribution < -0.4 is 15.5 Å². The van der Waals surface area contributed by atoms with Crippen molar-refractivity contribution in [3.05, 3.63) is 84.1 Å². The van der Waals surface area contributed by atoms with Gasteiger partial charge in [0, 0.05) is 32.9 Å². The van der Waals surface area contributed by atoms with Crippen LogP contribution in [-0.2, 0) is 4.79 Å². The Labute approximate surface area is 196 Å². The Kier molecular flexibility index (Phi) is 7.55. The smallest absolute Gasteiger partial charge is 0.232 e. The van der Waals surface area contributed by atoms with E-state index in [1.807, 2.05) is 85.7 Å². The second kappa shape index (κ2) is 10.9. The number of nitrogens with zero attached hydrogens (tertiary/aromatic N) is 3. The molecule has 6 nitrogen and oxygen atoms in total. The highest BCUT2D eigenvalue weighted by Gasteiger charge is 2.25. The number of carbonyl (C=O) groups is 1. The van der Waals surface area contributed by atoms with Gasteiger partial charge in [-0.1, -0.05) is 60.7 Å². The lowest BCUT2D eigenvalue weighted by Crippen LogP contribution is -2.36. The van der Waals surface area contributed by atoms with Crippen molar-refractivity contribution in [2.45, 2.75) is 37.6 Å². The van der Waals surface area contributed by atoms with Crippen molar-refractivity contribution in [1.82, 2.24) is 15.3 Å². The van der Waals surface area contributed by atoms with E-state index >= 15 is 0 Å². The Balaban J connectivity index is 1.30. The van der Waals surface area contributed by atoms with Gasteiger partial charge in [0.2, 0.25) is 11.9 Å². The fourth-order valence-corrected chi connectivity index (χ4v) is 4.49. The van der Waals surface area contributed by atoms with Gasteiger partial charge < -0.3 is 15.5 Å². The van der Waals surface area contributed by atoms with E-state index in [2.05, 4.69) is 20.6 Å². The van der Waals surface area contributed by atoms with E-state index in [0.29, 0.717) is 24.5 Å². The quantitative estimate of drug-likeness (QED) is 0.538. The Morgan fingerprint density at radius 2 is 1.55 bits per heavy atom. The number of hydrogen-bond donors (Lipinski definition) is 2. The summed E-state index contributed by atoms with van der Waals surface area (Å²) in [5.41, 5.74) is 2.04. The summed E-state index contributed by atoms with van der Waals surface area (Å²) in [6.45, 7) is 0.717. The molecule has 172 valence electrons. The molecule has 0 unspecified atom stereocenters. The molecule has 33 heavy (non-hydrogen) atoms. The molecular formula is C27H33N5O. The molecule has 4 rings (SSSR count). The summed E-state index contributed by atoms with van der Waals surface area (Å²) in [6.07, 6.45) is 6.05. The van der Waals surface area contributed by atoms with Crippen molar-refractivity contribution < 1.29 is 4.79 Å². The van der Waals surface area contributed by atoms with Crippen LogP contribution in [0.3, 0.4) is 0 Å². The molecule has 2 N–H and O–H groups in total. The summed E-state index contributed by atoms with van der Waals surface area (Å²) < 4.78 is 0. The Hall–Kier alpha value is -3.41. The van der Waals surface area contributed by atoms with Crippen molar-refractivity contribution in [2.24, 2.45) is 5.92 Å². The standard InChI is InChI=1S/C27H33N5O/c1-32(2)24-17-18-28-27(31-24)30-23-15-13-20(14-16-23)19-29-26(33)25(21-9-5-3-6-10-21)22-11-7-4-8-12-22/h3-12,17-18,20,23,25H,13-16,19H2,1-2H3,(H,29,33)(H,28,30,31)/t20-,23+. The predicted molar refractivity (Wildman–Crippen MR) is 133 cm³/mol. The van der Waals surface area contributed by atoms with Gasteiger partial charge in [-0.3, -0.25) is 4.79 Å². The maximum Gasteiger partial charge on any atom is 0.232 e. The zero-order valence-corrected chi connectivity index (χ0v) is 19.4. The molecule has 1 fully saturated rings. The van der Waals surface area contributed by atoms with E-state index in [-0.39, 0.29) is 11.8 Å². The fourth-order valence-electron chi connectivity index (χ4n) is 4.49. The summed E-state index contributed by atoms with van der Waals surface area (Å²) in [5.74, 6) is 1.86. The number of benzene rings is 2. The number of anilines is 2. The second-order valence-electron chi connectivity index (χ2n) is 8.99. The minimum Gasteiger partial charge on any atom is -0.363 e. The third-order valence-corrected chi connectivity index (χ3v) is 6.37. The number of nitrogens with one attached hydrogen (secondary N) is 2. The first-order valence-corrected chi connectivity index (χ1v) is 11.7. The first-order chi connectivity index (χ1) is 16.1. The van der Waals surface area contributed by atoms with E-state index in [9.17, 15) is 4.79 Å². The van der Waals surface area contributed by atoms with Crippen LogP contribution in [0.5, 0.6) is 0 Å². The molecule has 0 saturated heterocycles. The highest BCUT2D eigenvalue weighted by molar-refractivity contribution is 5.87. The van der Waals surface area contributed by atoms with Crippen molar-refractivity contribution in [3.8, 4) is 0 Å². The lowest BCUT2D eigenvalue weighted by atomic mass is 9.85. The van der Waals surface area contributed by atoms with Crippen LogP contribution in [0, 0.1) is 5.92 Å². The first kappa shape index (κ1) is 22.8. The summed E-state index contributed by atoms with van der Waals surface area (Å²) in [4.78, 5) is 24.1. The summed E-state index contributed by atoms with van der Waals surface area (Å²) in [7, 11) is 3.96. The number of aromatic nitrogens is 2. The third-order valence-electron chi connectivity index (χ3n) is 6.37. The van der Waals surface area contributed by atoms with Crippen molar-refractivity contribution in [2.75, 3.05) is 30.9 Å². The zero-order chi connectivity index (χ0) is 23.0. The van der Waals surface area contributed by atoms with Crippen LogP contribution in [0.15, 0.2) is 72.9 Å². The molecule has 0 spiro atoms. The van der Waals surface area contributed by atoms with Crippen LogP contribution in [0.2, 0.25) is 0 Å². The van der Waals surface area contributed by atoms with Crippen LogP contribution in [0.4, 0.5) is 11.8 Å². The molecule has 1 aliphatic carbocycles.